The molecule has 1 heterocycles. The fraction of sp³-hybridized carbons (Fsp3) is 0.435. The highest BCUT2D eigenvalue weighted by Gasteiger charge is 2.28. The first-order valence-corrected chi connectivity index (χ1v) is 10.1. The number of nitrogens with zero attached hydrogens (tertiary/aromatic N) is 2. The van der Waals surface area contributed by atoms with Crippen LogP contribution in [-0.4, -0.2) is 53.2 Å². The van der Waals surface area contributed by atoms with Crippen molar-refractivity contribution in [3.05, 3.63) is 65.7 Å². The summed E-state index contributed by atoms with van der Waals surface area (Å²) in [4.78, 5) is 17.2. The molecule has 0 spiro atoms. The molecule has 5 heteroatoms. The minimum atomic E-state index is 0.00783. The van der Waals surface area contributed by atoms with Crippen LogP contribution in [0, 0.1) is 0 Å². The predicted octanol–water partition coefficient (Wildman–Crippen LogP) is 3.07. The Hall–Kier alpha value is -2.37. The molecule has 2 aromatic carbocycles. The molecule has 1 amide bonds. The standard InChI is InChI=1S/C23H30N2O3/c1-2-21-18-24(16-20-9-6-10-22(15-20)28-14-13-26)12-11-23(27)25(21)17-19-7-4-3-5-8-19/h3-10,15,21,26H,2,11-14,16-18H2,1H3/t21-/m0/s1. The molecule has 1 aliphatic rings. The van der Waals surface area contributed by atoms with Crippen LogP contribution in [0.3, 0.4) is 0 Å². The van der Waals surface area contributed by atoms with E-state index in [9.17, 15) is 4.79 Å². The SMILES string of the molecule is CC[C@H]1CN(Cc2cccc(OCCO)c2)CCC(=O)N1Cc1ccccc1. The number of carbonyl (C=O) groups excluding carboxylic acids is 1. The van der Waals surface area contributed by atoms with E-state index in [1.807, 2.05) is 36.4 Å². The van der Waals surface area contributed by atoms with Gasteiger partial charge >= 0.3 is 0 Å². The summed E-state index contributed by atoms with van der Waals surface area (Å²) in [5.74, 6) is 1.01. The van der Waals surface area contributed by atoms with E-state index in [0.717, 1.165) is 37.4 Å². The highest BCUT2D eigenvalue weighted by molar-refractivity contribution is 5.77. The Morgan fingerprint density at radius 1 is 1.07 bits per heavy atom. The zero-order valence-electron chi connectivity index (χ0n) is 16.6. The fourth-order valence-electron chi connectivity index (χ4n) is 3.73. The van der Waals surface area contributed by atoms with Crippen LogP contribution in [0.25, 0.3) is 0 Å². The molecule has 2 aromatic rings. The zero-order chi connectivity index (χ0) is 19.8. The van der Waals surface area contributed by atoms with Gasteiger partial charge in [-0.2, -0.15) is 0 Å². The summed E-state index contributed by atoms with van der Waals surface area (Å²) < 4.78 is 5.52. The molecule has 1 saturated heterocycles. The lowest BCUT2D eigenvalue weighted by Crippen LogP contribution is -2.42. The third-order valence-corrected chi connectivity index (χ3v) is 5.20. The Morgan fingerprint density at radius 3 is 2.61 bits per heavy atom. The van der Waals surface area contributed by atoms with Crippen LogP contribution in [0.4, 0.5) is 0 Å². The zero-order valence-corrected chi connectivity index (χ0v) is 16.6. The summed E-state index contributed by atoms with van der Waals surface area (Å²) in [6.45, 7) is 5.57. The highest BCUT2D eigenvalue weighted by Crippen LogP contribution is 2.21. The molecule has 28 heavy (non-hydrogen) atoms. The lowest BCUT2D eigenvalue weighted by Gasteiger charge is -2.31. The van der Waals surface area contributed by atoms with E-state index >= 15 is 0 Å². The maximum atomic E-state index is 12.8. The van der Waals surface area contributed by atoms with Crippen molar-refractivity contribution in [1.82, 2.24) is 9.80 Å². The number of hydrogen-bond acceptors (Lipinski definition) is 4. The molecule has 1 aliphatic heterocycles. The van der Waals surface area contributed by atoms with Crippen LogP contribution in [-0.2, 0) is 17.9 Å². The number of carbonyl (C=O) groups is 1. The van der Waals surface area contributed by atoms with Crippen molar-refractivity contribution in [2.75, 3.05) is 26.3 Å². The molecular formula is C23H30N2O3. The molecule has 0 bridgehead atoms. The van der Waals surface area contributed by atoms with Gasteiger partial charge in [-0.25, -0.2) is 0 Å². The molecule has 3 rings (SSSR count). The van der Waals surface area contributed by atoms with E-state index in [-0.39, 0.29) is 18.6 Å². The molecular weight excluding hydrogens is 352 g/mol. The number of aliphatic hydroxyl groups excluding tert-OH is 1. The van der Waals surface area contributed by atoms with Gasteiger partial charge in [0, 0.05) is 38.6 Å². The Balaban J connectivity index is 1.67. The van der Waals surface area contributed by atoms with Gasteiger partial charge in [-0.05, 0) is 29.7 Å². The van der Waals surface area contributed by atoms with Crippen LogP contribution in [0.2, 0.25) is 0 Å². The normalized spacial score (nSPS) is 18.1. The molecule has 5 nitrogen and oxygen atoms in total. The van der Waals surface area contributed by atoms with Crippen molar-refractivity contribution in [3.8, 4) is 5.75 Å². The molecule has 0 radical (unpaired) electrons. The first-order valence-electron chi connectivity index (χ1n) is 10.1. The third kappa shape index (κ3) is 5.57. The van der Waals surface area contributed by atoms with Crippen molar-refractivity contribution >= 4 is 5.91 Å². The van der Waals surface area contributed by atoms with E-state index in [0.29, 0.717) is 19.6 Å². The average molecular weight is 383 g/mol. The van der Waals surface area contributed by atoms with Crippen molar-refractivity contribution in [2.24, 2.45) is 0 Å². The van der Waals surface area contributed by atoms with Crippen LogP contribution in [0.1, 0.15) is 30.9 Å². The lowest BCUT2D eigenvalue weighted by atomic mass is 10.1. The molecule has 1 atom stereocenters. The molecule has 0 aliphatic carbocycles. The van der Waals surface area contributed by atoms with Crippen LogP contribution in [0.5, 0.6) is 5.75 Å². The van der Waals surface area contributed by atoms with Gasteiger partial charge in [-0.1, -0.05) is 49.4 Å². The Kier molecular flexibility index (Phi) is 7.46. The third-order valence-electron chi connectivity index (χ3n) is 5.20. The largest absolute Gasteiger partial charge is 0.491 e. The summed E-state index contributed by atoms with van der Waals surface area (Å²) in [6, 6.07) is 18.4. The number of ether oxygens (including phenoxy) is 1. The van der Waals surface area contributed by atoms with Crippen molar-refractivity contribution in [2.45, 2.75) is 38.9 Å². The van der Waals surface area contributed by atoms with E-state index < -0.39 is 0 Å². The van der Waals surface area contributed by atoms with E-state index in [2.05, 4.69) is 34.9 Å². The van der Waals surface area contributed by atoms with Gasteiger partial charge in [0.15, 0.2) is 0 Å². The Morgan fingerprint density at radius 2 is 1.86 bits per heavy atom. The van der Waals surface area contributed by atoms with Gasteiger partial charge in [-0.15, -0.1) is 0 Å². The molecule has 0 aromatic heterocycles. The Bertz CT molecular complexity index is 751. The summed E-state index contributed by atoms with van der Waals surface area (Å²) in [7, 11) is 0. The highest BCUT2D eigenvalue weighted by atomic mass is 16.5. The summed E-state index contributed by atoms with van der Waals surface area (Å²) in [5, 5.41) is 8.93. The van der Waals surface area contributed by atoms with Crippen molar-refractivity contribution in [1.29, 1.82) is 0 Å². The van der Waals surface area contributed by atoms with Gasteiger partial charge in [0.2, 0.25) is 5.91 Å². The van der Waals surface area contributed by atoms with E-state index in [1.54, 1.807) is 0 Å². The van der Waals surface area contributed by atoms with Gasteiger partial charge in [-0.3, -0.25) is 9.69 Å². The van der Waals surface area contributed by atoms with Gasteiger partial charge < -0.3 is 14.7 Å². The average Bonchev–Trinajstić information content (AvgIpc) is 2.87. The maximum absolute atomic E-state index is 12.8. The first kappa shape index (κ1) is 20.4. The van der Waals surface area contributed by atoms with Gasteiger partial charge in [0.05, 0.1) is 6.61 Å². The predicted molar refractivity (Wildman–Crippen MR) is 110 cm³/mol. The smallest absolute Gasteiger partial charge is 0.224 e. The molecule has 0 saturated carbocycles. The second kappa shape index (κ2) is 10.2. The van der Waals surface area contributed by atoms with Crippen LogP contribution >= 0.6 is 0 Å². The van der Waals surface area contributed by atoms with Crippen LogP contribution < -0.4 is 4.74 Å². The molecule has 1 fully saturated rings. The minimum Gasteiger partial charge on any atom is -0.491 e. The number of rotatable bonds is 8. The summed E-state index contributed by atoms with van der Waals surface area (Å²) in [5.41, 5.74) is 2.34. The maximum Gasteiger partial charge on any atom is 0.224 e. The summed E-state index contributed by atoms with van der Waals surface area (Å²) in [6.07, 6.45) is 1.48. The molecule has 1 N–H and O–H groups in total. The number of aliphatic hydroxyl groups is 1. The Labute approximate surface area is 167 Å². The lowest BCUT2D eigenvalue weighted by molar-refractivity contribution is -0.133. The number of hydrogen-bond donors (Lipinski definition) is 1. The van der Waals surface area contributed by atoms with E-state index in [1.165, 1.54) is 5.56 Å². The minimum absolute atomic E-state index is 0.00783. The molecule has 150 valence electrons. The second-order valence-electron chi connectivity index (χ2n) is 7.27. The van der Waals surface area contributed by atoms with E-state index in [4.69, 9.17) is 9.84 Å². The van der Waals surface area contributed by atoms with Gasteiger partial charge in [0.25, 0.3) is 0 Å². The monoisotopic (exact) mass is 382 g/mol. The van der Waals surface area contributed by atoms with Crippen molar-refractivity contribution < 1.29 is 14.6 Å². The van der Waals surface area contributed by atoms with Crippen molar-refractivity contribution in [3.63, 3.8) is 0 Å². The molecule has 0 unspecified atom stereocenters. The number of benzene rings is 2. The van der Waals surface area contributed by atoms with Crippen LogP contribution in [0.15, 0.2) is 54.6 Å². The fourth-order valence-corrected chi connectivity index (χ4v) is 3.73. The summed E-state index contributed by atoms with van der Waals surface area (Å²) >= 11 is 0. The second-order valence-corrected chi connectivity index (χ2v) is 7.27. The number of amides is 1. The topological polar surface area (TPSA) is 53.0 Å². The van der Waals surface area contributed by atoms with Gasteiger partial charge in [0.1, 0.15) is 12.4 Å². The first-order chi connectivity index (χ1) is 13.7. The quantitative estimate of drug-likeness (QED) is 0.762.